The van der Waals surface area contributed by atoms with Crippen LogP contribution in [0.25, 0.3) is 0 Å². The highest BCUT2D eigenvalue weighted by atomic mass is 16.2. The number of hydrogen-bond donors (Lipinski definition) is 3. The van der Waals surface area contributed by atoms with Crippen molar-refractivity contribution < 1.29 is 9.59 Å². The van der Waals surface area contributed by atoms with E-state index in [1.807, 2.05) is 0 Å². The molecular weight excluding hydrogens is 268 g/mol. The normalized spacial score (nSPS) is 16.8. The van der Waals surface area contributed by atoms with Gasteiger partial charge in [0.05, 0.1) is 6.54 Å². The first-order chi connectivity index (χ1) is 10.2. The fourth-order valence-electron chi connectivity index (χ4n) is 2.61. The number of rotatable bonds is 6. The lowest BCUT2D eigenvalue weighted by Crippen LogP contribution is -2.44. The van der Waals surface area contributed by atoms with E-state index in [1.54, 1.807) is 18.3 Å². The van der Waals surface area contributed by atoms with E-state index in [1.165, 1.54) is 0 Å². The molecule has 1 aliphatic rings. The highest BCUT2D eigenvalue weighted by Crippen LogP contribution is 2.15. The van der Waals surface area contributed by atoms with Crippen molar-refractivity contribution in [1.29, 1.82) is 0 Å². The maximum Gasteiger partial charge on any atom is 0.274 e. The topological polar surface area (TPSA) is 77.2 Å². The quantitative estimate of drug-likeness (QED) is 0.717. The molecule has 6 nitrogen and oxygen atoms in total. The standard InChI is InChI=1S/C15H24N4O2/c1-2-16-10-12-5-8-19(9-6-12)11-14(20)18-15(21)13-4-3-7-17-13/h3-4,7,12,16-17H,2,5-6,8-11H2,1H3,(H,18,20,21). The first-order valence-corrected chi connectivity index (χ1v) is 7.59. The summed E-state index contributed by atoms with van der Waals surface area (Å²) in [6.07, 6.45) is 3.87. The Labute approximate surface area is 125 Å². The van der Waals surface area contributed by atoms with E-state index in [9.17, 15) is 9.59 Å². The van der Waals surface area contributed by atoms with Gasteiger partial charge in [-0.1, -0.05) is 6.92 Å². The van der Waals surface area contributed by atoms with Crippen LogP contribution in [0.15, 0.2) is 18.3 Å². The fourth-order valence-corrected chi connectivity index (χ4v) is 2.61. The van der Waals surface area contributed by atoms with Crippen LogP contribution < -0.4 is 10.6 Å². The Bertz CT molecular complexity index is 450. The largest absolute Gasteiger partial charge is 0.357 e. The lowest BCUT2D eigenvalue weighted by Gasteiger charge is -2.31. The number of H-pyrrole nitrogens is 1. The van der Waals surface area contributed by atoms with Gasteiger partial charge in [-0.15, -0.1) is 0 Å². The number of likely N-dealkylation sites (tertiary alicyclic amines) is 1. The van der Waals surface area contributed by atoms with Gasteiger partial charge >= 0.3 is 0 Å². The van der Waals surface area contributed by atoms with Crippen molar-refractivity contribution in [3.05, 3.63) is 24.0 Å². The zero-order chi connectivity index (χ0) is 15.1. The molecule has 2 heterocycles. The van der Waals surface area contributed by atoms with E-state index in [0.717, 1.165) is 39.0 Å². The highest BCUT2D eigenvalue weighted by Gasteiger charge is 2.21. The lowest BCUT2D eigenvalue weighted by atomic mass is 9.97. The molecule has 21 heavy (non-hydrogen) atoms. The molecule has 0 bridgehead atoms. The Morgan fingerprint density at radius 3 is 2.76 bits per heavy atom. The number of amides is 2. The molecule has 6 heteroatoms. The average Bonchev–Trinajstić information content (AvgIpc) is 3.01. The molecule has 1 fully saturated rings. The Kier molecular flexibility index (Phi) is 5.95. The van der Waals surface area contributed by atoms with Crippen LogP contribution in [0.4, 0.5) is 0 Å². The fraction of sp³-hybridized carbons (Fsp3) is 0.600. The van der Waals surface area contributed by atoms with Gasteiger partial charge in [0, 0.05) is 6.20 Å². The van der Waals surface area contributed by atoms with E-state index in [-0.39, 0.29) is 11.8 Å². The second-order valence-electron chi connectivity index (χ2n) is 5.49. The number of carbonyl (C=O) groups is 2. The molecule has 1 saturated heterocycles. The van der Waals surface area contributed by atoms with Gasteiger partial charge in [0.25, 0.3) is 5.91 Å². The van der Waals surface area contributed by atoms with Gasteiger partial charge < -0.3 is 10.3 Å². The first kappa shape index (κ1) is 15.7. The minimum atomic E-state index is -0.368. The van der Waals surface area contributed by atoms with Crippen LogP contribution in [0.5, 0.6) is 0 Å². The van der Waals surface area contributed by atoms with Crippen molar-refractivity contribution in [2.45, 2.75) is 19.8 Å². The summed E-state index contributed by atoms with van der Waals surface area (Å²) < 4.78 is 0. The molecule has 0 saturated carbocycles. The summed E-state index contributed by atoms with van der Waals surface area (Å²) in [5.41, 5.74) is 0.410. The number of aromatic nitrogens is 1. The molecule has 1 aromatic rings. The van der Waals surface area contributed by atoms with Gasteiger partial charge in [0.2, 0.25) is 5.91 Å². The molecule has 2 amide bonds. The van der Waals surface area contributed by atoms with Gasteiger partial charge in [0.1, 0.15) is 5.69 Å². The minimum Gasteiger partial charge on any atom is -0.357 e. The van der Waals surface area contributed by atoms with Crippen molar-refractivity contribution in [1.82, 2.24) is 20.5 Å². The SMILES string of the molecule is CCNCC1CCN(CC(=O)NC(=O)c2ccc[nH]2)CC1. The third-order valence-electron chi connectivity index (χ3n) is 3.85. The number of nitrogens with one attached hydrogen (secondary N) is 3. The maximum atomic E-state index is 11.9. The van der Waals surface area contributed by atoms with Crippen molar-refractivity contribution in [3.63, 3.8) is 0 Å². The van der Waals surface area contributed by atoms with Gasteiger partial charge in [-0.3, -0.25) is 19.8 Å². The van der Waals surface area contributed by atoms with Gasteiger partial charge in [-0.05, 0) is 57.1 Å². The van der Waals surface area contributed by atoms with Crippen molar-refractivity contribution in [3.8, 4) is 0 Å². The van der Waals surface area contributed by atoms with Crippen molar-refractivity contribution in [2.75, 3.05) is 32.7 Å². The lowest BCUT2D eigenvalue weighted by molar-refractivity contribution is -0.121. The number of piperidine rings is 1. The van der Waals surface area contributed by atoms with Crippen LogP contribution in [0.2, 0.25) is 0 Å². The Hall–Kier alpha value is -1.66. The molecule has 1 aromatic heterocycles. The molecule has 3 N–H and O–H groups in total. The highest BCUT2D eigenvalue weighted by molar-refractivity contribution is 6.04. The molecule has 0 spiro atoms. The Morgan fingerprint density at radius 2 is 2.14 bits per heavy atom. The Balaban J connectivity index is 1.68. The first-order valence-electron chi connectivity index (χ1n) is 7.59. The van der Waals surface area contributed by atoms with Gasteiger partial charge in [0.15, 0.2) is 0 Å². The summed E-state index contributed by atoms with van der Waals surface area (Å²) in [4.78, 5) is 28.5. The molecule has 0 unspecified atom stereocenters. The molecule has 116 valence electrons. The smallest absolute Gasteiger partial charge is 0.274 e. The van der Waals surface area contributed by atoms with E-state index in [0.29, 0.717) is 18.2 Å². The second-order valence-corrected chi connectivity index (χ2v) is 5.49. The number of carbonyl (C=O) groups excluding carboxylic acids is 2. The van der Waals surface area contributed by atoms with Crippen LogP contribution in [0, 0.1) is 5.92 Å². The van der Waals surface area contributed by atoms with Gasteiger partial charge in [-0.25, -0.2) is 0 Å². The molecule has 1 aliphatic heterocycles. The van der Waals surface area contributed by atoms with Crippen LogP contribution in [-0.2, 0) is 4.79 Å². The number of aromatic amines is 1. The van der Waals surface area contributed by atoms with Gasteiger partial charge in [-0.2, -0.15) is 0 Å². The number of hydrogen-bond acceptors (Lipinski definition) is 4. The number of nitrogens with zero attached hydrogens (tertiary/aromatic N) is 1. The molecule has 0 radical (unpaired) electrons. The van der Waals surface area contributed by atoms with E-state index < -0.39 is 0 Å². The predicted octanol–water partition coefficient (Wildman–Crippen LogP) is 0.593. The van der Waals surface area contributed by atoms with Crippen molar-refractivity contribution in [2.24, 2.45) is 5.92 Å². The molecule has 0 atom stereocenters. The summed E-state index contributed by atoms with van der Waals surface area (Å²) in [7, 11) is 0. The average molecular weight is 292 g/mol. The maximum absolute atomic E-state index is 11.9. The summed E-state index contributed by atoms with van der Waals surface area (Å²) in [5, 5.41) is 5.78. The van der Waals surface area contributed by atoms with Crippen LogP contribution in [-0.4, -0.2) is 54.4 Å². The monoisotopic (exact) mass is 292 g/mol. The third kappa shape index (κ3) is 4.99. The van der Waals surface area contributed by atoms with E-state index in [4.69, 9.17) is 0 Å². The summed E-state index contributed by atoms with van der Waals surface area (Å²) >= 11 is 0. The summed E-state index contributed by atoms with van der Waals surface area (Å²) in [5.74, 6) is 0.0941. The zero-order valence-corrected chi connectivity index (χ0v) is 12.5. The summed E-state index contributed by atoms with van der Waals surface area (Å²) in [6, 6.07) is 3.38. The second kappa shape index (κ2) is 7.95. The molecule has 0 aliphatic carbocycles. The zero-order valence-electron chi connectivity index (χ0n) is 12.5. The van der Waals surface area contributed by atoms with Crippen LogP contribution in [0.1, 0.15) is 30.3 Å². The van der Waals surface area contributed by atoms with Crippen LogP contribution >= 0.6 is 0 Å². The third-order valence-corrected chi connectivity index (χ3v) is 3.85. The number of imide groups is 1. The minimum absolute atomic E-state index is 0.236. The summed E-state index contributed by atoms with van der Waals surface area (Å²) in [6.45, 7) is 6.30. The Morgan fingerprint density at radius 1 is 1.38 bits per heavy atom. The molecule has 2 rings (SSSR count). The van der Waals surface area contributed by atoms with E-state index >= 15 is 0 Å². The van der Waals surface area contributed by atoms with E-state index in [2.05, 4.69) is 27.4 Å². The molecular formula is C15H24N4O2. The molecule has 0 aromatic carbocycles. The predicted molar refractivity (Wildman–Crippen MR) is 81.0 cm³/mol. The van der Waals surface area contributed by atoms with Crippen molar-refractivity contribution >= 4 is 11.8 Å². The van der Waals surface area contributed by atoms with Crippen LogP contribution in [0.3, 0.4) is 0 Å².